The van der Waals surface area contributed by atoms with Crippen LogP contribution in [0.2, 0.25) is 0 Å². The van der Waals surface area contributed by atoms with Crippen LogP contribution in [-0.4, -0.2) is 11.2 Å². The molecule has 13 heavy (non-hydrogen) atoms. The van der Waals surface area contributed by atoms with Gasteiger partial charge in [0.25, 0.3) is 0 Å². The van der Waals surface area contributed by atoms with Crippen molar-refractivity contribution in [1.29, 1.82) is 0 Å². The monoisotopic (exact) mass is 180 g/mol. The molecule has 1 heteroatoms. The van der Waals surface area contributed by atoms with E-state index >= 15 is 0 Å². The topological polar surface area (TPSA) is 20.2 Å². The smallest absolute Gasteiger partial charge is 0.0573 e. The van der Waals surface area contributed by atoms with Gasteiger partial charge in [0.2, 0.25) is 0 Å². The van der Waals surface area contributed by atoms with E-state index in [-0.39, 0.29) is 6.10 Å². The summed E-state index contributed by atoms with van der Waals surface area (Å²) in [5.41, 5.74) is 0. The highest BCUT2D eigenvalue weighted by Crippen LogP contribution is 2.53. The van der Waals surface area contributed by atoms with Gasteiger partial charge in [0.15, 0.2) is 0 Å². The van der Waals surface area contributed by atoms with E-state index in [4.69, 9.17) is 0 Å². The van der Waals surface area contributed by atoms with Gasteiger partial charge in [-0.1, -0.05) is 19.3 Å². The Morgan fingerprint density at radius 2 is 1.46 bits per heavy atom. The summed E-state index contributed by atoms with van der Waals surface area (Å²) in [6, 6.07) is 0. The van der Waals surface area contributed by atoms with Gasteiger partial charge in [-0.25, -0.2) is 0 Å². The van der Waals surface area contributed by atoms with Gasteiger partial charge in [0.1, 0.15) is 0 Å². The molecule has 0 bridgehead atoms. The summed E-state index contributed by atoms with van der Waals surface area (Å²) >= 11 is 0. The summed E-state index contributed by atoms with van der Waals surface area (Å²) in [5.74, 6) is 3.51. The maximum atomic E-state index is 10.0. The van der Waals surface area contributed by atoms with Crippen LogP contribution in [0.4, 0.5) is 0 Å². The molecule has 0 saturated heterocycles. The largest absolute Gasteiger partial charge is 0.393 e. The molecule has 3 saturated carbocycles. The fraction of sp³-hybridized carbons (Fsp3) is 1.00. The Morgan fingerprint density at radius 3 is 2.38 bits per heavy atom. The summed E-state index contributed by atoms with van der Waals surface area (Å²) < 4.78 is 0. The lowest BCUT2D eigenvalue weighted by atomic mass is 9.68. The molecule has 0 radical (unpaired) electrons. The van der Waals surface area contributed by atoms with E-state index < -0.39 is 0 Å². The van der Waals surface area contributed by atoms with Gasteiger partial charge >= 0.3 is 0 Å². The van der Waals surface area contributed by atoms with Gasteiger partial charge in [-0.2, -0.15) is 0 Å². The number of aliphatic hydroxyl groups is 1. The summed E-state index contributed by atoms with van der Waals surface area (Å²) in [6.45, 7) is 0. The number of rotatable bonds is 0. The van der Waals surface area contributed by atoms with E-state index in [2.05, 4.69) is 0 Å². The Morgan fingerprint density at radius 1 is 0.769 bits per heavy atom. The average Bonchev–Trinajstić information content (AvgIpc) is 2.66. The third-order valence-electron chi connectivity index (χ3n) is 4.93. The van der Waals surface area contributed by atoms with Crippen molar-refractivity contribution in [3.63, 3.8) is 0 Å². The van der Waals surface area contributed by atoms with Gasteiger partial charge in [0, 0.05) is 0 Å². The van der Waals surface area contributed by atoms with Gasteiger partial charge in [-0.3, -0.25) is 0 Å². The third-order valence-corrected chi connectivity index (χ3v) is 4.93. The highest BCUT2D eigenvalue weighted by molar-refractivity contribution is 4.97. The summed E-state index contributed by atoms with van der Waals surface area (Å²) in [4.78, 5) is 0. The van der Waals surface area contributed by atoms with Crippen LogP contribution in [0.25, 0.3) is 0 Å². The predicted octanol–water partition coefficient (Wildman–Crippen LogP) is 2.58. The second kappa shape index (κ2) is 2.98. The molecule has 3 fully saturated rings. The fourth-order valence-corrected chi connectivity index (χ4v) is 4.43. The van der Waals surface area contributed by atoms with E-state index in [0.29, 0.717) is 5.92 Å². The van der Waals surface area contributed by atoms with E-state index in [9.17, 15) is 5.11 Å². The minimum absolute atomic E-state index is 0.0619. The molecule has 0 spiro atoms. The van der Waals surface area contributed by atoms with Crippen LogP contribution in [0.15, 0.2) is 0 Å². The molecule has 3 aliphatic rings. The molecule has 3 rings (SSSR count). The molecule has 0 heterocycles. The van der Waals surface area contributed by atoms with Crippen molar-refractivity contribution >= 4 is 0 Å². The zero-order valence-electron chi connectivity index (χ0n) is 8.28. The van der Waals surface area contributed by atoms with Gasteiger partial charge in [0.05, 0.1) is 6.10 Å². The molecule has 0 aromatic carbocycles. The third kappa shape index (κ3) is 1.16. The lowest BCUT2D eigenvalue weighted by Gasteiger charge is -2.39. The molecule has 3 aliphatic carbocycles. The van der Waals surface area contributed by atoms with Crippen molar-refractivity contribution in [1.82, 2.24) is 0 Å². The van der Waals surface area contributed by atoms with Crippen LogP contribution in [0.3, 0.4) is 0 Å². The maximum Gasteiger partial charge on any atom is 0.0573 e. The Bertz CT molecular complexity index is 201. The number of hydrogen-bond donors (Lipinski definition) is 1. The zero-order chi connectivity index (χ0) is 8.84. The average molecular weight is 180 g/mol. The molecule has 0 aromatic rings. The molecule has 0 amide bonds. The van der Waals surface area contributed by atoms with E-state index in [1.807, 2.05) is 0 Å². The molecule has 0 aromatic heterocycles. The second-order valence-corrected chi connectivity index (χ2v) is 5.42. The molecule has 1 N–H and O–H groups in total. The normalized spacial score (nSPS) is 54.7. The summed E-state index contributed by atoms with van der Waals surface area (Å²) in [6.07, 6.45) is 9.63. The van der Waals surface area contributed by atoms with Crippen molar-refractivity contribution in [3.05, 3.63) is 0 Å². The molecule has 0 aliphatic heterocycles. The van der Waals surface area contributed by atoms with Crippen molar-refractivity contribution < 1.29 is 5.11 Å². The first-order valence-electron chi connectivity index (χ1n) is 6.04. The molecule has 74 valence electrons. The predicted molar refractivity (Wildman–Crippen MR) is 52.3 cm³/mol. The molecule has 5 atom stereocenters. The van der Waals surface area contributed by atoms with E-state index in [1.54, 1.807) is 0 Å². The van der Waals surface area contributed by atoms with Gasteiger partial charge in [-0.15, -0.1) is 0 Å². The van der Waals surface area contributed by atoms with Crippen molar-refractivity contribution in [2.75, 3.05) is 0 Å². The lowest BCUT2D eigenvalue weighted by Crippen LogP contribution is -2.38. The van der Waals surface area contributed by atoms with Crippen LogP contribution in [0.5, 0.6) is 0 Å². The second-order valence-electron chi connectivity index (χ2n) is 5.42. The Hall–Kier alpha value is -0.0400. The highest BCUT2D eigenvalue weighted by atomic mass is 16.3. The van der Waals surface area contributed by atoms with Gasteiger partial charge < -0.3 is 5.11 Å². The number of fused-ring (bicyclic) bond motifs is 3. The van der Waals surface area contributed by atoms with Gasteiger partial charge in [-0.05, 0) is 49.4 Å². The Labute approximate surface area is 80.5 Å². The van der Waals surface area contributed by atoms with E-state index in [0.717, 1.165) is 24.2 Å². The maximum absolute atomic E-state index is 10.0. The van der Waals surface area contributed by atoms with Crippen molar-refractivity contribution in [2.24, 2.45) is 23.7 Å². The minimum Gasteiger partial charge on any atom is -0.393 e. The van der Waals surface area contributed by atoms with Crippen LogP contribution in [-0.2, 0) is 0 Å². The van der Waals surface area contributed by atoms with E-state index in [1.165, 1.54) is 38.5 Å². The molecular weight excluding hydrogens is 160 g/mol. The quantitative estimate of drug-likeness (QED) is 0.607. The zero-order valence-corrected chi connectivity index (χ0v) is 8.28. The van der Waals surface area contributed by atoms with Crippen LogP contribution >= 0.6 is 0 Å². The first-order valence-corrected chi connectivity index (χ1v) is 6.04. The number of aliphatic hydroxyl groups excluding tert-OH is 1. The Kier molecular flexibility index (Phi) is 1.90. The first kappa shape index (κ1) is 8.28. The van der Waals surface area contributed by atoms with Crippen molar-refractivity contribution in [2.45, 2.75) is 51.0 Å². The molecular formula is C12H20O. The SMILES string of the molecule is O[C@H]1C[C@H]2CCC[C@@H]2[C@H]2CCC[C@H]21. The first-order chi connectivity index (χ1) is 6.36. The molecule has 1 nitrogen and oxygen atoms in total. The Balaban J connectivity index is 1.84. The van der Waals surface area contributed by atoms with Crippen LogP contribution in [0, 0.1) is 23.7 Å². The molecule has 0 unspecified atom stereocenters. The minimum atomic E-state index is 0.0619. The number of hydrogen-bond acceptors (Lipinski definition) is 1. The standard InChI is InChI=1S/C12H20O/c13-12-7-8-3-1-4-9(8)10-5-2-6-11(10)12/h8-13H,1-7H2/t8-,9+,10-,11-,12+/m1/s1. The summed E-state index contributed by atoms with van der Waals surface area (Å²) in [7, 11) is 0. The highest BCUT2D eigenvalue weighted by Gasteiger charge is 2.47. The van der Waals surface area contributed by atoms with Crippen LogP contribution < -0.4 is 0 Å². The summed E-state index contributed by atoms with van der Waals surface area (Å²) in [5, 5.41) is 10.0. The van der Waals surface area contributed by atoms with Crippen LogP contribution in [0.1, 0.15) is 44.9 Å². The van der Waals surface area contributed by atoms with Crippen molar-refractivity contribution in [3.8, 4) is 0 Å². The lowest BCUT2D eigenvalue weighted by molar-refractivity contribution is -0.00595. The fourth-order valence-electron chi connectivity index (χ4n) is 4.43.